The Morgan fingerprint density at radius 3 is 2.62 bits per heavy atom. The van der Waals surface area contributed by atoms with Gasteiger partial charge in [-0.25, -0.2) is 4.98 Å². The summed E-state index contributed by atoms with van der Waals surface area (Å²) < 4.78 is 0. The molecule has 0 aliphatic carbocycles. The Bertz CT molecular complexity index is 299. The monoisotopic (exact) mass is 181 g/mol. The van der Waals surface area contributed by atoms with Crippen LogP contribution in [0.1, 0.15) is 24.2 Å². The van der Waals surface area contributed by atoms with Crippen molar-refractivity contribution in [2.75, 3.05) is 5.73 Å². The smallest absolute Gasteiger partial charge is 0.126 e. The zero-order valence-electron chi connectivity index (χ0n) is 7.86. The van der Waals surface area contributed by atoms with Crippen LogP contribution in [0.2, 0.25) is 0 Å². The lowest BCUT2D eigenvalue weighted by molar-refractivity contribution is 0.153. The Morgan fingerprint density at radius 2 is 2.15 bits per heavy atom. The highest BCUT2D eigenvalue weighted by atomic mass is 16.3. The van der Waals surface area contributed by atoms with Gasteiger partial charge in [0, 0.05) is 17.8 Å². The Hall–Kier alpha value is -1.13. The number of nitrogen functional groups attached to an aromatic ring is 1. The van der Waals surface area contributed by atoms with E-state index in [1.54, 1.807) is 19.2 Å². The van der Waals surface area contributed by atoms with Crippen molar-refractivity contribution in [1.29, 1.82) is 0 Å². The highest BCUT2D eigenvalue weighted by Crippen LogP contribution is 2.17. The fourth-order valence-electron chi connectivity index (χ4n) is 1.07. The number of hydrogen-bond acceptors (Lipinski definition) is 4. The van der Waals surface area contributed by atoms with Gasteiger partial charge in [0.1, 0.15) is 5.82 Å². The Morgan fingerprint density at radius 1 is 1.54 bits per heavy atom. The number of rotatable bonds is 2. The van der Waals surface area contributed by atoms with Crippen molar-refractivity contribution in [3.63, 3.8) is 0 Å². The summed E-state index contributed by atoms with van der Waals surface area (Å²) in [5.74, 6) is 0.487. The van der Waals surface area contributed by atoms with Gasteiger partial charge < -0.3 is 16.6 Å². The van der Waals surface area contributed by atoms with Crippen LogP contribution in [0.25, 0.3) is 0 Å². The first-order valence-electron chi connectivity index (χ1n) is 4.18. The third kappa shape index (κ3) is 2.17. The number of nitrogens with two attached hydrogens (primary N) is 2. The van der Waals surface area contributed by atoms with Crippen molar-refractivity contribution < 1.29 is 5.11 Å². The van der Waals surface area contributed by atoms with E-state index < -0.39 is 6.10 Å². The molecule has 1 aromatic rings. The van der Waals surface area contributed by atoms with Gasteiger partial charge in [-0.1, -0.05) is 0 Å². The molecule has 0 spiro atoms. The molecule has 4 nitrogen and oxygen atoms in total. The van der Waals surface area contributed by atoms with Gasteiger partial charge in [-0.3, -0.25) is 0 Å². The molecular formula is C9H15N3O. The molecule has 13 heavy (non-hydrogen) atoms. The molecule has 0 fully saturated rings. The van der Waals surface area contributed by atoms with E-state index in [-0.39, 0.29) is 6.04 Å². The first-order valence-corrected chi connectivity index (χ1v) is 4.18. The van der Waals surface area contributed by atoms with E-state index in [9.17, 15) is 5.11 Å². The Labute approximate surface area is 77.6 Å². The SMILES string of the molecule is Cc1cc([C@@H](O)[C@@H](C)N)cnc1N. The van der Waals surface area contributed by atoms with Crippen LogP contribution in [-0.2, 0) is 0 Å². The zero-order valence-corrected chi connectivity index (χ0v) is 7.86. The number of aliphatic hydroxyl groups excluding tert-OH is 1. The molecule has 0 aromatic carbocycles. The number of aryl methyl sites for hydroxylation is 1. The molecule has 1 rings (SSSR count). The van der Waals surface area contributed by atoms with Crippen molar-refractivity contribution in [2.45, 2.75) is 26.0 Å². The number of pyridine rings is 1. The summed E-state index contributed by atoms with van der Waals surface area (Å²) in [6.07, 6.45) is 0.878. The second-order valence-corrected chi connectivity index (χ2v) is 3.27. The van der Waals surface area contributed by atoms with Gasteiger partial charge in [0.2, 0.25) is 0 Å². The lowest BCUT2D eigenvalue weighted by Gasteiger charge is -2.15. The van der Waals surface area contributed by atoms with E-state index in [4.69, 9.17) is 11.5 Å². The van der Waals surface area contributed by atoms with Crippen molar-refractivity contribution in [1.82, 2.24) is 4.98 Å². The van der Waals surface area contributed by atoms with Crippen molar-refractivity contribution in [3.8, 4) is 0 Å². The number of hydrogen-bond donors (Lipinski definition) is 3. The number of anilines is 1. The van der Waals surface area contributed by atoms with Crippen molar-refractivity contribution in [2.24, 2.45) is 5.73 Å². The number of aliphatic hydroxyl groups is 1. The molecule has 0 saturated carbocycles. The van der Waals surface area contributed by atoms with Crippen LogP contribution in [-0.4, -0.2) is 16.1 Å². The molecule has 0 bridgehead atoms. The second kappa shape index (κ2) is 3.72. The first-order chi connectivity index (χ1) is 6.02. The molecular weight excluding hydrogens is 166 g/mol. The van der Waals surface area contributed by atoms with Crippen LogP contribution >= 0.6 is 0 Å². The van der Waals surface area contributed by atoms with Crippen LogP contribution in [0.4, 0.5) is 5.82 Å². The maximum absolute atomic E-state index is 9.61. The minimum absolute atomic E-state index is 0.301. The summed E-state index contributed by atoms with van der Waals surface area (Å²) in [7, 11) is 0. The van der Waals surface area contributed by atoms with Crippen LogP contribution in [0, 0.1) is 6.92 Å². The highest BCUT2D eigenvalue weighted by Gasteiger charge is 2.13. The summed E-state index contributed by atoms with van der Waals surface area (Å²) in [5, 5.41) is 9.61. The van der Waals surface area contributed by atoms with Crippen LogP contribution in [0.15, 0.2) is 12.3 Å². The normalized spacial score (nSPS) is 15.4. The second-order valence-electron chi connectivity index (χ2n) is 3.27. The quantitative estimate of drug-likeness (QED) is 0.614. The summed E-state index contributed by atoms with van der Waals surface area (Å²) in [6.45, 7) is 3.59. The fourth-order valence-corrected chi connectivity index (χ4v) is 1.07. The van der Waals surface area contributed by atoms with Gasteiger partial charge in [-0.05, 0) is 25.5 Å². The number of nitrogens with zero attached hydrogens (tertiary/aromatic N) is 1. The van der Waals surface area contributed by atoms with Gasteiger partial charge in [-0.15, -0.1) is 0 Å². The predicted molar refractivity (Wildman–Crippen MR) is 52.0 cm³/mol. The molecule has 0 amide bonds. The van der Waals surface area contributed by atoms with E-state index in [1.165, 1.54) is 0 Å². The summed E-state index contributed by atoms with van der Waals surface area (Å²) >= 11 is 0. The van der Waals surface area contributed by atoms with Crippen molar-refractivity contribution >= 4 is 5.82 Å². The van der Waals surface area contributed by atoms with Gasteiger partial charge in [0.15, 0.2) is 0 Å². The lowest BCUT2D eigenvalue weighted by atomic mass is 10.0. The predicted octanol–water partition coefficient (Wildman–Crippen LogP) is 0.353. The van der Waals surface area contributed by atoms with Crippen LogP contribution in [0.3, 0.4) is 0 Å². The molecule has 4 heteroatoms. The summed E-state index contributed by atoms with van der Waals surface area (Å²) in [4.78, 5) is 3.94. The van der Waals surface area contributed by atoms with Crippen LogP contribution < -0.4 is 11.5 Å². The van der Waals surface area contributed by atoms with E-state index in [0.29, 0.717) is 11.4 Å². The van der Waals surface area contributed by atoms with E-state index in [1.807, 2.05) is 6.92 Å². The molecule has 1 heterocycles. The van der Waals surface area contributed by atoms with E-state index in [2.05, 4.69) is 4.98 Å². The van der Waals surface area contributed by atoms with Gasteiger partial charge in [-0.2, -0.15) is 0 Å². The molecule has 0 radical (unpaired) electrons. The molecule has 0 unspecified atom stereocenters. The molecule has 0 aliphatic rings. The molecule has 1 aromatic heterocycles. The zero-order chi connectivity index (χ0) is 10.0. The molecule has 72 valence electrons. The minimum atomic E-state index is -0.674. The average Bonchev–Trinajstić information content (AvgIpc) is 2.08. The summed E-state index contributed by atoms with van der Waals surface area (Å²) in [6, 6.07) is 1.50. The molecule has 0 saturated heterocycles. The van der Waals surface area contributed by atoms with Gasteiger partial charge >= 0.3 is 0 Å². The standard InChI is InChI=1S/C9H15N3O/c1-5-3-7(4-12-9(5)11)8(13)6(2)10/h3-4,6,8,13H,10H2,1-2H3,(H2,11,12)/t6-,8+/m1/s1. The highest BCUT2D eigenvalue weighted by molar-refractivity contribution is 5.40. The molecule has 0 aliphatic heterocycles. The van der Waals surface area contributed by atoms with E-state index >= 15 is 0 Å². The Kier molecular flexibility index (Phi) is 2.85. The third-order valence-electron chi connectivity index (χ3n) is 1.98. The van der Waals surface area contributed by atoms with Gasteiger partial charge in [0.05, 0.1) is 6.10 Å². The van der Waals surface area contributed by atoms with Crippen molar-refractivity contribution in [3.05, 3.63) is 23.4 Å². The molecule has 5 N–H and O–H groups in total. The Balaban J connectivity index is 2.97. The minimum Gasteiger partial charge on any atom is -0.387 e. The topological polar surface area (TPSA) is 85.2 Å². The molecule has 2 atom stereocenters. The lowest BCUT2D eigenvalue weighted by Crippen LogP contribution is -2.24. The van der Waals surface area contributed by atoms with E-state index in [0.717, 1.165) is 5.56 Å². The first kappa shape index (κ1) is 9.95. The fraction of sp³-hybridized carbons (Fsp3) is 0.444. The average molecular weight is 181 g/mol. The summed E-state index contributed by atoms with van der Waals surface area (Å²) in [5.41, 5.74) is 12.7. The largest absolute Gasteiger partial charge is 0.387 e. The maximum atomic E-state index is 9.61. The number of aromatic nitrogens is 1. The maximum Gasteiger partial charge on any atom is 0.126 e. The van der Waals surface area contributed by atoms with Crippen LogP contribution in [0.5, 0.6) is 0 Å². The van der Waals surface area contributed by atoms with Gasteiger partial charge in [0.25, 0.3) is 0 Å². The third-order valence-corrected chi connectivity index (χ3v) is 1.98.